The molecule has 2 heterocycles. The van der Waals surface area contributed by atoms with Crippen LogP contribution in [0.4, 0.5) is 4.79 Å². The molecule has 0 aliphatic carbocycles. The SMILES string of the molecule is CCOC(=O)c1cc2n(n1)CCCN(C(=O)OCc1cc(Cl)cc(Cl)c1)C2. The largest absolute Gasteiger partial charge is 0.461 e. The predicted molar refractivity (Wildman–Crippen MR) is 99.9 cm³/mol. The monoisotopic (exact) mass is 411 g/mol. The predicted octanol–water partition coefficient (Wildman–Crippen LogP) is 3.91. The number of carbonyl (C=O) groups is 2. The van der Waals surface area contributed by atoms with Crippen LogP contribution in [0.15, 0.2) is 24.3 Å². The second kappa shape index (κ2) is 8.63. The molecule has 0 spiro atoms. The van der Waals surface area contributed by atoms with Crippen molar-refractivity contribution < 1.29 is 19.1 Å². The number of ether oxygens (including phenoxy) is 2. The van der Waals surface area contributed by atoms with Crippen LogP contribution >= 0.6 is 23.2 Å². The summed E-state index contributed by atoms with van der Waals surface area (Å²) in [6.07, 6.45) is 0.258. The van der Waals surface area contributed by atoms with Crippen molar-refractivity contribution in [1.29, 1.82) is 0 Å². The Labute approximate surface area is 166 Å². The molecule has 1 aliphatic heterocycles. The van der Waals surface area contributed by atoms with Gasteiger partial charge in [-0.25, -0.2) is 9.59 Å². The number of halogens is 2. The fourth-order valence-corrected chi connectivity index (χ4v) is 3.42. The average Bonchev–Trinajstić information content (AvgIpc) is 2.91. The van der Waals surface area contributed by atoms with Gasteiger partial charge in [0.15, 0.2) is 5.69 Å². The molecule has 27 heavy (non-hydrogen) atoms. The van der Waals surface area contributed by atoms with Gasteiger partial charge in [-0.05, 0) is 43.2 Å². The Kier molecular flexibility index (Phi) is 6.23. The van der Waals surface area contributed by atoms with Crippen molar-refractivity contribution in [3.05, 3.63) is 51.3 Å². The average molecular weight is 412 g/mol. The van der Waals surface area contributed by atoms with Gasteiger partial charge in [0.25, 0.3) is 0 Å². The van der Waals surface area contributed by atoms with E-state index in [4.69, 9.17) is 32.7 Å². The van der Waals surface area contributed by atoms with Crippen LogP contribution in [0.1, 0.15) is 35.1 Å². The van der Waals surface area contributed by atoms with Crippen LogP contribution in [0.2, 0.25) is 10.0 Å². The van der Waals surface area contributed by atoms with Crippen LogP contribution < -0.4 is 0 Å². The van der Waals surface area contributed by atoms with E-state index in [0.717, 1.165) is 5.69 Å². The molecule has 0 radical (unpaired) electrons. The van der Waals surface area contributed by atoms with E-state index in [1.165, 1.54) is 0 Å². The Hall–Kier alpha value is -2.25. The third-order valence-electron chi connectivity index (χ3n) is 4.04. The van der Waals surface area contributed by atoms with Crippen LogP contribution in [-0.2, 0) is 29.2 Å². The molecule has 0 N–H and O–H groups in total. The molecule has 2 aromatic rings. The summed E-state index contributed by atoms with van der Waals surface area (Å²) >= 11 is 11.9. The van der Waals surface area contributed by atoms with Gasteiger partial charge in [0.2, 0.25) is 0 Å². The van der Waals surface area contributed by atoms with Crippen molar-refractivity contribution in [2.75, 3.05) is 13.2 Å². The van der Waals surface area contributed by atoms with Gasteiger partial charge in [-0.2, -0.15) is 5.10 Å². The normalized spacial score (nSPS) is 13.7. The summed E-state index contributed by atoms with van der Waals surface area (Å²) in [6, 6.07) is 6.67. The minimum Gasteiger partial charge on any atom is -0.461 e. The van der Waals surface area contributed by atoms with E-state index in [1.807, 2.05) is 0 Å². The van der Waals surface area contributed by atoms with Gasteiger partial charge in [0, 0.05) is 23.1 Å². The van der Waals surface area contributed by atoms with Crippen molar-refractivity contribution >= 4 is 35.3 Å². The van der Waals surface area contributed by atoms with E-state index in [9.17, 15) is 9.59 Å². The lowest BCUT2D eigenvalue weighted by molar-refractivity contribution is 0.0518. The number of fused-ring (bicyclic) bond motifs is 1. The number of nitrogens with zero attached hydrogens (tertiary/aromatic N) is 3. The van der Waals surface area contributed by atoms with Crippen molar-refractivity contribution in [2.45, 2.75) is 33.0 Å². The summed E-state index contributed by atoms with van der Waals surface area (Å²) in [5.41, 5.74) is 1.72. The number of aromatic nitrogens is 2. The maximum Gasteiger partial charge on any atom is 0.410 e. The lowest BCUT2D eigenvalue weighted by Crippen LogP contribution is -2.31. The number of hydrogen-bond donors (Lipinski definition) is 0. The second-order valence-electron chi connectivity index (χ2n) is 6.07. The van der Waals surface area contributed by atoms with Crippen molar-refractivity contribution in [2.24, 2.45) is 0 Å². The fraction of sp³-hybridized carbons (Fsp3) is 0.389. The number of aryl methyl sites for hydroxylation is 1. The maximum atomic E-state index is 12.5. The van der Waals surface area contributed by atoms with Crippen LogP contribution in [0.25, 0.3) is 0 Å². The van der Waals surface area contributed by atoms with Gasteiger partial charge in [-0.1, -0.05) is 23.2 Å². The number of benzene rings is 1. The first-order valence-corrected chi connectivity index (χ1v) is 9.32. The first-order valence-electron chi connectivity index (χ1n) is 8.56. The number of esters is 1. The quantitative estimate of drug-likeness (QED) is 0.712. The molecule has 0 fully saturated rings. The highest BCUT2D eigenvalue weighted by Gasteiger charge is 2.23. The maximum absolute atomic E-state index is 12.5. The molecule has 1 aromatic heterocycles. The molecule has 0 unspecified atom stereocenters. The molecule has 144 valence electrons. The summed E-state index contributed by atoms with van der Waals surface area (Å²) < 4.78 is 12.1. The topological polar surface area (TPSA) is 73.7 Å². The van der Waals surface area contributed by atoms with Crippen molar-refractivity contribution in [1.82, 2.24) is 14.7 Å². The van der Waals surface area contributed by atoms with Crippen molar-refractivity contribution in [3.8, 4) is 0 Å². The van der Waals surface area contributed by atoms with E-state index in [1.54, 1.807) is 40.8 Å². The highest BCUT2D eigenvalue weighted by molar-refractivity contribution is 6.34. The number of carbonyl (C=O) groups excluding carboxylic acids is 2. The minimum absolute atomic E-state index is 0.0724. The zero-order valence-corrected chi connectivity index (χ0v) is 16.3. The summed E-state index contributed by atoms with van der Waals surface area (Å²) in [4.78, 5) is 25.9. The molecule has 1 aromatic carbocycles. The molecule has 0 bridgehead atoms. The first-order chi connectivity index (χ1) is 13.0. The van der Waals surface area contributed by atoms with E-state index < -0.39 is 12.1 Å². The van der Waals surface area contributed by atoms with Gasteiger partial charge >= 0.3 is 12.1 Å². The molecule has 3 rings (SSSR count). The lowest BCUT2D eigenvalue weighted by atomic mass is 10.2. The van der Waals surface area contributed by atoms with E-state index in [2.05, 4.69) is 5.10 Å². The third-order valence-corrected chi connectivity index (χ3v) is 4.48. The Balaban J connectivity index is 1.65. The Morgan fingerprint density at radius 1 is 1.11 bits per heavy atom. The summed E-state index contributed by atoms with van der Waals surface area (Å²) in [5.74, 6) is -0.468. The van der Waals surface area contributed by atoms with Gasteiger partial charge in [0.1, 0.15) is 6.61 Å². The molecule has 0 saturated heterocycles. The highest BCUT2D eigenvalue weighted by Crippen LogP contribution is 2.20. The number of hydrogen-bond acceptors (Lipinski definition) is 5. The van der Waals surface area contributed by atoms with Gasteiger partial charge < -0.3 is 14.4 Å². The molecule has 7 nitrogen and oxygen atoms in total. The molecule has 9 heteroatoms. The van der Waals surface area contributed by atoms with Crippen LogP contribution in [0.5, 0.6) is 0 Å². The number of rotatable bonds is 4. The van der Waals surface area contributed by atoms with Crippen LogP contribution in [0.3, 0.4) is 0 Å². The zero-order valence-electron chi connectivity index (χ0n) is 14.8. The molecule has 0 atom stereocenters. The lowest BCUT2D eigenvalue weighted by Gasteiger charge is -2.19. The minimum atomic E-state index is -0.468. The fourth-order valence-electron chi connectivity index (χ4n) is 2.85. The van der Waals surface area contributed by atoms with Crippen LogP contribution in [0, 0.1) is 0 Å². The van der Waals surface area contributed by atoms with E-state index in [-0.39, 0.29) is 18.9 Å². The van der Waals surface area contributed by atoms with E-state index >= 15 is 0 Å². The summed E-state index contributed by atoms with van der Waals surface area (Å²) in [6.45, 7) is 3.55. The second-order valence-corrected chi connectivity index (χ2v) is 6.94. The smallest absolute Gasteiger partial charge is 0.410 e. The highest BCUT2D eigenvalue weighted by atomic mass is 35.5. The van der Waals surface area contributed by atoms with Gasteiger partial charge in [0.05, 0.1) is 18.8 Å². The summed E-state index contributed by atoms with van der Waals surface area (Å²) in [5, 5.41) is 5.24. The van der Waals surface area contributed by atoms with Crippen LogP contribution in [-0.4, -0.2) is 39.9 Å². The Bertz CT molecular complexity index is 833. The molecular formula is C18H19Cl2N3O4. The first kappa shape index (κ1) is 19.5. The van der Waals surface area contributed by atoms with E-state index in [0.29, 0.717) is 41.7 Å². The Morgan fingerprint density at radius 2 is 1.85 bits per heavy atom. The molecular weight excluding hydrogens is 393 g/mol. The summed E-state index contributed by atoms with van der Waals surface area (Å²) in [7, 11) is 0. The Morgan fingerprint density at radius 3 is 2.56 bits per heavy atom. The third kappa shape index (κ3) is 4.93. The molecule has 1 amide bonds. The number of amides is 1. The van der Waals surface area contributed by atoms with Gasteiger partial charge in [-0.3, -0.25) is 4.68 Å². The van der Waals surface area contributed by atoms with Crippen molar-refractivity contribution in [3.63, 3.8) is 0 Å². The van der Waals surface area contributed by atoms with Gasteiger partial charge in [-0.15, -0.1) is 0 Å². The molecule has 1 aliphatic rings. The molecule has 0 saturated carbocycles. The zero-order chi connectivity index (χ0) is 19.4. The standard InChI is InChI=1S/C18H19Cl2N3O4/c1-2-26-17(24)16-9-15-10-22(4-3-5-23(15)21-16)18(25)27-11-12-6-13(19)8-14(20)7-12/h6-9H,2-5,10-11H2,1H3.